The van der Waals surface area contributed by atoms with Crippen LogP contribution in [0.4, 0.5) is 4.79 Å². The maximum Gasteiger partial charge on any atom is 0.249 e. The van der Waals surface area contributed by atoms with Crippen molar-refractivity contribution in [3.8, 4) is 0 Å². The highest BCUT2D eigenvalue weighted by Gasteiger charge is 1.71. The molecule has 10 nitrogen and oxygen atoms in total. The molecule has 0 aromatic carbocycles. The van der Waals surface area contributed by atoms with Crippen LogP contribution >= 0.6 is 0 Å². The Kier molecular flexibility index (Phi) is 34.7. The summed E-state index contributed by atoms with van der Waals surface area (Å²) in [4.78, 5) is 27.3. The van der Waals surface area contributed by atoms with E-state index >= 15 is 0 Å². The van der Waals surface area contributed by atoms with E-state index in [0.29, 0.717) is 12.2 Å². The quantitative estimate of drug-likeness (QED) is 0.357. The molecule has 0 rings (SSSR count). The third kappa shape index (κ3) is 143. The largest absolute Gasteiger partial charge is 0.565 e. The molecule has 13 N–H and O–H groups in total. The molecule has 0 bridgehead atoms. The van der Waals surface area contributed by atoms with Crippen LogP contribution in [0.2, 0.25) is 0 Å². The fraction of sp³-hybridized carbons (Fsp3) is 0. The van der Waals surface area contributed by atoms with Crippen molar-refractivity contribution in [2.75, 3.05) is 0 Å². The Balaban J connectivity index is -0.0000000424. The van der Waals surface area contributed by atoms with Crippen LogP contribution in [0.3, 0.4) is 0 Å². The number of rotatable bonds is 2. The van der Waals surface area contributed by atoms with Crippen molar-refractivity contribution in [3.63, 3.8) is 0 Å². The second-order valence-corrected chi connectivity index (χ2v) is 1.24. The number of carboxylic acids is 2. The number of quaternary nitrogens is 3. The van der Waals surface area contributed by atoms with Crippen LogP contribution in [0.15, 0.2) is 12.2 Å². The molecule has 0 aromatic rings. The summed E-state index contributed by atoms with van der Waals surface area (Å²) in [6, 6.07) is 0. The Hall–Kier alpha value is -2.17. The normalized spacial score (nSPS) is 6.67. The predicted octanol–water partition coefficient (Wildman–Crippen LogP) is -2.94. The fourth-order valence-corrected chi connectivity index (χ4v) is 0.136. The second kappa shape index (κ2) is 17.8. The van der Waals surface area contributed by atoms with E-state index in [1.165, 1.54) is 0 Å². The average Bonchev–Trinajstić information content (AvgIpc) is 1.82. The van der Waals surface area contributed by atoms with E-state index in [1.54, 1.807) is 0 Å². The van der Waals surface area contributed by atoms with Crippen LogP contribution in [-0.2, 0) is 9.59 Å². The van der Waals surface area contributed by atoms with E-state index in [2.05, 4.69) is 0 Å². The molecule has 0 aliphatic rings. The van der Waals surface area contributed by atoms with Gasteiger partial charge in [-0.15, -0.1) is 0 Å². The minimum atomic E-state index is -2.08. The third-order valence-electron chi connectivity index (χ3n) is 0.355. The van der Waals surface area contributed by atoms with Gasteiger partial charge in [0, 0.05) is 0 Å². The van der Waals surface area contributed by atoms with E-state index < -0.39 is 18.1 Å². The molecular weight excluding hydrogens is 214 g/mol. The standard InChI is InChI=1S/C4H4O4.CH2O3.3H3N/c5-3(6)1-2-4(7)8;2-1(3)4;;;/h1-2H,(H,5,6)(H,7,8);(H2,2,3,4);3*1H3/b2-1-;;;;. The van der Waals surface area contributed by atoms with Crippen molar-refractivity contribution in [1.29, 1.82) is 0 Å². The summed E-state index contributed by atoms with van der Waals surface area (Å²) in [5.41, 5.74) is 0. The topological polar surface area (TPSA) is 250 Å². The number of carboxylic acid groups (broad SMARTS) is 4. The average molecular weight is 229 g/mol. The summed E-state index contributed by atoms with van der Waals surface area (Å²) < 4.78 is 0. The smallest absolute Gasteiger partial charge is 0.249 e. The van der Waals surface area contributed by atoms with Crippen molar-refractivity contribution < 1.29 is 34.8 Å². The third-order valence-corrected chi connectivity index (χ3v) is 0.355. The van der Waals surface area contributed by atoms with Crippen LogP contribution in [-0.4, -0.2) is 23.2 Å². The summed E-state index contributed by atoms with van der Waals surface area (Å²) in [5.74, 6) is -3.09. The van der Waals surface area contributed by atoms with Crippen molar-refractivity contribution in [2.24, 2.45) is 0 Å². The molecule has 0 atom stereocenters. The molecule has 0 saturated carbocycles. The maximum atomic E-state index is 9.41. The Bertz CT molecular complexity index is 195. The molecule has 0 heterocycles. The molecule has 92 valence electrons. The van der Waals surface area contributed by atoms with Crippen molar-refractivity contribution in [3.05, 3.63) is 12.2 Å². The molecule has 0 saturated heterocycles. The number of hydrogen-bond acceptors (Lipinski definition) is 6. The lowest BCUT2D eigenvalue weighted by Crippen LogP contribution is -2.23. The number of carbonyl (C=O) groups excluding carboxylic acids is 2. The highest BCUT2D eigenvalue weighted by atomic mass is 16.6. The van der Waals surface area contributed by atoms with E-state index in [9.17, 15) is 19.8 Å². The number of hydrogen-bond donors (Lipinski definition) is 4. The van der Waals surface area contributed by atoms with Gasteiger partial charge >= 0.3 is 0 Å². The van der Waals surface area contributed by atoms with Gasteiger partial charge in [0.1, 0.15) is 0 Å². The van der Waals surface area contributed by atoms with Crippen molar-refractivity contribution >= 4 is 18.1 Å². The highest BCUT2D eigenvalue weighted by molar-refractivity contribution is 5.87. The summed E-state index contributed by atoms with van der Waals surface area (Å²) in [7, 11) is 0. The van der Waals surface area contributed by atoms with Gasteiger partial charge < -0.3 is 53.3 Å². The zero-order valence-electron chi connectivity index (χ0n) is 8.55. The molecule has 0 unspecified atom stereocenters. The van der Waals surface area contributed by atoms with Crippen LogP contribution in [0.5, 0.6) is 0 Å². The van der Waals surface area contributed by atoms with Gasteiger partial charge in [-0.25, -0.2) is 0 Å². The van der Waals surface area contributed by atoms with E-state index in [1.807, 2.05) is 0 Å². The Morgan fingerprint density at radius 3 is 1.00 bits per heavy atom. The molecule has 0 fully saturated rings. The van der Waals surface area contributed by atoms with E-state index in [0.717, 1.165) is 0 Å². The summed E-state index contributed by atoms with van der Waals surface area (Å²) >= 11 is 0. The van der Waals surface area contributed by atoms with Crippen molar-refractivity contribution in [2.45, 2.75) is 0 Å². The van der Waals surface area contributed by atoms with Gasteiger partial charge in [-0.2, -0.15) is 0 Å². The molecule has 10 heteroatoms. The first-order valence-corrected chi connectivity index (χ1v) is 2.36. The molecular formula is C5H15N3O7. The monoisotopic (exact) mass is 229 g/mol. The maximum absolute atomic E-state index is 9.41. The second-order valence-electron chi connectivity index (χ2n) is 1.24. The van der Waals surface area contributed by atoms with Gasteiger partial charge in [-0.1, -0.05) is 0 Å². The zero-order valence-corrected chi connectivity index (χ0v) is 8.55. The first kappa shape index (κ1) is 29.3. The van der Waals surface area contributed by atoms with Crippen LogP contribution in [0.1, 0.15) is 0 Å². The summed E-state index contributed by atoms with van der Waals surface area (Å²) in [6.07, 6.45) is -1.31. The van der Waals surface area contributed by atoms with Crippen LogP contribution in [0, 0.1) is 0 Å². The first-order chi connectivity index (χ1) is 5.36. The van der Waals surface area contributed by atoms with Gasteiger partial charge in [0.05, 0.1) is 11.9 Å². The van der Waals surface area contributed by atoms with Crippen LogP contribution in [0.25, 0.3) is 0 Å². The number of aliphatic carboxylic acids is 2. The summed E-state index contributed by atoms with van der Waals surface area (Å²) in [6.45, 7) is 0. The lowest BCUT2D eigenvalue weighted by atomic mass is 10.5. The lowest BCUT2D eigenvalue weighted by Gasteiger charge is -1.90. The van der Waals surface area contributed by atoms with Crippen LogP contribution < -0.4 is 33.8 Å². The number of carbonyl (C=O) groups is 3. The lowest BCUT2D eigenvalue weighted by molar-refractivity contribution is -0.301. The van der Waals surface area contributed by atoms with Gasteiger partial charge in [0.25, 0.3) is 0 Å². The molecule has 0 spiro atoms. The molecule has 0 aromatic heterocycles. The molecule has 15 heavy (non-hydrogen) atoms. The minimum Gasteiger partial charge on any atom is -0.565 e. The Morgan fingerprint density at radius 2 is 0.933 bits per heavy atom. The molecule has 0 aliphatic carbocycles. The van der Waals surface area contributed by atoms with Gasteiger partial charge in [0.2, 0.25) is 6.16 Å². The SMILES string of the molecule is O=C([O-])/C=C\C(=O)[O-].O=C([O-])O.[NH4+].[NH4+].[NH4+]. The molecule has 0 amide bonds. The summed E-state index contributed by atoms with van der Waals surface area (Å²) in [5, 5.41) is 34.1. The van der Waals surface area contributed by atoms with Gasteiger partial charge in [0.15, 0.2) is 0 Å². The Labute approximate surface area is 84.6 Å². The minimum absolute atomic E-state index is 0. The van der Waals surface area contributed by atoms with E-state index in [4.69, 9.17) is 15.0 Å². The molecule has 0 aliphatic heterocycles. The van der Waals surface area contributed by atoms with Gasteiger partial charge in [-0.05, 0) is 12.2 Å². The highest BCUT2D eigenvalue weighted by Crippen LogP contribution is 1.64. The van der Waals surface area contributed by atoms with Gasteiger partial charge in [-0.3, -0.25) is 0 Å². The van der Waals surface area contributed by atoms with E-state index in [-0.39, 0.29) is 18.5 Å². The predicted molar refractivity (Wildman–Crippen MR) is 45.1 cm³/mol. The first-order valence-electron chi connectivity index (χ1n) is 2.36. The zero-order chi connectivity index (χ0) is 10.1. The van der Waals surface area contributed by atoms with Crippen molar-refractivity contribution in [1.82, 2.24) is 18.5 Å². The molecule has 0 radical (unpaired) electrons. The Morgan fingerprint density at radius 1 is 0.800 bits per heavy atom. The fourth-order valence-electron chi connectivity index (χ4n) is 0.136.